The van der Waals surface area contributed by atoms with Crippen LogP contribution in [-0.2, 0) is 19.4 Å². The maximum absolute atomic E-state index is 6.23. The maximum atomic E-state index is 6.23. The molecule has 1 aromatic heterocycles. The van der Waals surface area contributed by atoms with Gasteiger partial charge in [0.25, 0.3) is 0 Å². The summed E-state index contributed by atoms with van der Waals surface area (Å²) in [5.74, 6) is 8.23. The van der Waals surface area contributed by atoms with Crippen molar-refractivity contribution in [1.82, 2.24) is 4.90 Å². The van der Waals surface area contributed by atoms with Crippen LogP contribution in [0.3, 0.4) is 0 Å². The van der Waals surface area contributed by atoms with E-state index in [1.807, 2.05) is 36.4 Å². The third-order valence-electron chi connectivity index (χ3n) is 7.16. The van der Waals surface area contributed by atoms with Crippen molar-refractivity contribution < 1.29 is 4.42 Å². The Morgan fingerprint density at radius 2 is 1.81 bits per heavy atom. The summed E-state index contributed by atoms with van der Waals surface area (Å²) >= 11 is 6.23. The fourth-order valence-electron chi connectivity index (χ4n) is 4.40. The molecule has 0 radical (unpaired) electrons. The van der Waals surface area contributed by atoms with Gasteiger partial charge in [-0.2, -0.15) is 9.21 Å². The van der Waals surface area contributed by atoms with E-state index in [-0.39, 0.29) is 0 Å². The summed E-state index contributed by atoms with van der Waals surface area (Å²) in [5, 5.41) is 5.29. The second kappa shape index (κ2) is 15.9. The standard InChI is InChI=1S/C13H18S.C10H11ClN2.C10H8O.C4H10/c1-5-6-8-12-9-7-10-13(11-12)14(2,3)4;1-13-3-2-7-6(5-13)4-8-10(12-8)9(7)11;1-2-8-3-4-9-5-6-11-10(9)7-8;1-3-4-2/h5,7,9-11H,1-3,6,8H2,4H3;4,12H,2-3,5H2,1H3;2-7H,1H2;3-4H2,1-2H3. The minimum absolute atomic E-state index is 0.919. The van der Waals surface area contributed by atoms with Crippen LogP contribution in [0.4, 0.5) is 11.4 Å². The molecule has 0 amide bonds. The largest absolute Gasteiger partial charge is 0.464 e. The number of unbranched alkanes of at least 4 members (excludes halogenated alkanes) is 1. The molecule has 0 spiro atoms. The molecule has 0 fully saturated rings. The maximum Gasteiger partial charge on any atom is 0.134 e. The zero-order chi connectivity index (χ0) is 30.7. The lowest BCUT2D eigenvalue weighted by Gasteiger charge is -2.24. The van der Waals surface area contributed by atoms with Crippen LogP contribution in [0, 0.1) is 0 Å². The number of halogens is 1. The Labute approximate surface area is 259 Å². The molecule has 2 aliphatic rings. The third kappa shape index (κ3) is 9.69. The highest BCUT2D eigenvalue weighted by atomic mass is 35.5. The number of hydrogen-bond acceptors (Lipinski definition) is 3. The van der Waals surface area contributed by atoms with Gasteiger partial charge in [-0.25, -0.2) is 0 Å². The molecule has 0 bridgehead atoms. The van der Waals surface area contributed by atoms with Gasteiger partial charge in [-0.1, -0.05) is 93.0 Å². The fraction of sp³-hybridized carbons (Fsp3) is 0.297. The van der Waals surface area contributed by atoms with Gasteiger partial charge in [-0.3, -0.25) is 0 Å². The van der Waals surface area contributed by atoms with Crippen molar-refractivity contribution in [3.8, 4) is 0 Å². The predicted molar refractivity (Wildman–Crippen MR) is 193 cm³/mol. The first-order valence-corrected chi connectivity index (χ1v) is 17.4. The van der Waals surface area contributed by atoms with E-state index in [0.29, 0.717) is 0 Å². The summed E-state index contributed by atoms with van der Waals surface area (Å²) in [6.07, 6.45) is 13.4. The summed E-state index contributed by atoms with van der Waals surface area (Å²) in [4.78, 5) is 3.60. The number of anilines is 2. The Morgan fingerprint density at radius 1 is 1.05 bits per heavy atom. The van der Waals surface area contributed by atoms with E-state index in [1.165, 1.54) is 40.1 Å². The fourth-order valence-corrected chi connectivity index (χ4v) is 5.60. The second-order valence-corrected chi connectivity index (χ2v) is 14.4. The smallest absolute Gasteiger partial charge is 0.134 e. The molecule has 0 unspecified atom stereocenters. The number of nitrogens with one attached hydrogen (secondary N) is 1. The Kier molecular flexibility index (Phi) is 12.6. The highest BCUT2D eigenvalue weighted by Gasteiger charge is 2.27. The van der Waals surface area contributed by atoms with Gasteiger partial charge in [0.05, 0.1) is 22.7 Å². The molecule has 224 valence electrons. The summed E-state index contributed by atoms with van der Waals surface area (Å²) in [7, 11) is 1.07. The number of aryl methyl sites for hydroxylation is 1. The first kappa shape index (κ1) is 33.3. The molecule has 5 heteroatoms. The molecular formula is C37H47ClN2OS. The first-order valence-electron chi connectivity index (χ1n) is 14.6. The molecule has 0 aliphatic carbocycles. The number of benzene rings is 3. The van der Waals surface area contributed by atoms with E-state index >= 15 is 0 Å². The molecule has 0 saturated carbocycles. The SMILES string of the molecule is C=CCCc1cccc(S(=C)(=C)C)c1.C=Cc1ccc2ccoc2c1.CCCC.CN1CCc2c(cc3c(c2Cl)N3)C1. The molecular weight excluding hydrogens is 556 g/mol. The minimum Gasteiger partial charge on any atom is -0.464 e. The van der Waals surface area contributed by atoms with Crippen molar-refractivity contribution in [2.24, 2.45) is 0 Å². The minimum atomic E-state index is -1.08. The number of fused-ring (bicyclic) bond motifs is 3. The molecule has 1 N–H and O–H groups in total. The van der Waals surface area contributed by atoms with E-state index in [9.17, 15) is 0 Å². The predicted octanol–water partition coefficient (Wildman–Crippen LogP) is 10.7. The van der Waals surface area contributed by atoms with Crippen molar-refractivity contribution in [1.29, 1.82) is 0 Å². The quantitative estimate of drug-likeness (QED) is 0.119. The zero-order valence-electron chi connectivity index (χ0n) is 25.8. The Bertz CT molecular complexity index is 1600. The van der Waals surface area contributed by atoms with Crippen LogP contribution in [0.1, 0.15) is 55.4 Å². The van der Waals surface area contributed by atoms with E-state index < -0.39 is 9.21 Å². The number of rotatable bonds is 6. The second-order valence-electron chi connectivity index (χ2n) is 11.0. The third-order valence-corrected chi connectivity index (χ3v) is 8.97. The first-order chi connectivity index (χ1) is 20.1. The average molecular weight is 603 g/mol. The monoisotopic (exact) mass is 602 g/mol. The van der Waals surface area contributed by atoms with Gasteiger partial charge in [0.15, 0.2) is 0 Å². The topological polar surface area (TPSA) is 38.3 Å². The van der Waals surface area contributed by atoms with Crippen LogP contribution in [-0.4, -0.2) is 36.5 Å². The van der Waals surface area contributed by atoms with E-state index in [0.717, 1.165) is 59.6 Å². The zero-order valence-corrected chi connectivity index (χ0v) is 27.4. The molecule has 3 heterocycles. The highest BCUT2D eigenvalue weighted by molar-refractivity contribution is 8.27. The van der Waals surface area contributed by atoms with Crippen LogP contribution < -0.4 is 5.32 Å². The van der Waals surface area contributed by atoms with E-state index in [1.54, 1.807) is 6.26 Å². The summed E-state index contributed by atoms with van der Waals surface area (Å²) < 4.78 is 5.21. The van der Waals surface area contributed by atoms with E-state index in [2.05, 4.69) is 92.6 Å². The van der Waals surface area contributed by atoms with Gasteiger partial charge in [-0.15, -0.1) is 6.58 Å². The van der Waals surface area contributed by atoms with Crippen molar-refractivity contribution in [3.05, 3.63) is 107 Å². The number of furan rings is 1. The van der Waals surface area contributed by atoms with Gasteiger partial charge in [0, 0.05) is 18.5 Å². The van der Waals surface area contributed by atoms with Crippen LogP contribution in [0.15, 0.2) is 89.4 Å². The summed E-state index contributed by atoms with van der Waals surface area (Å²) in [6, 6.07) is 18.8. The Morgan fingerprint density at radius 3 is 2.48 bits per heavy atom. The van der Waals surface area contributed by atoms with Gasteiger partial charge in [0.1, 0.15) is 5.58 Å². The van der Waals surface area contributed by atoms with Gasteiger partial charge in [0.2, 0.25) is 0 Å². The van der Waals surface area contributed by atoms with E-state index in [4.69, 9.17) is 16.0 Å². The highest BCUT2D eigenvalue weighted by Crippen LogP contribution is 2.48. The van der Waals surface area contributed by atoms with Crippen LogP contribution in [0.5, 0.6) is 0 Å². The molecule has 42 heavy (non-hydrogen) atoms. The lowest BCUT2D eigenvalue weighted by Crippen LogP contribution is -2.26. The molecule has 3 aromatic carbocycles. The molecule has 2 aliphatic heterocycles. The van der Waals surface area contributed by atoms with Crippen molar-refractivity contribution in [2.75, 3.05) is 25.2 Å². The summed E-state index contributed by atoms with van der Waals surface area (Å²) in [5.41, 5.74) is 8.48. The van der Waals surface area contributed by atoms with Crippen molar-refractivity contribution in [3.63, 3.8) is 0 Å². The summed E-state index contributed by atoms with van der Waals surface area (Å²) in [6.45, 7) is 13.9. The molecule has 0 atom stereocenters. The van der Waals surface area contributed by atoms with Gasteiger partial charge in [-0.05, 0) is 90.0 Å². The Balaban J connectivity index is 0.000000163. The van der Waals surface area contributed by atoms with Crippen molar-refractivity contribution >= 4 is 61.0 Å². The van der Waals surface area contributed by atoms with Crippen molar-refractivity contribution in [2.45, 2.75) is 57.4 Å². The number of likely N-dealkylation sites (N-methyl/N-ethyl adjacent to an activating group) is 1. The van der Waals surface area contributed by atoms with Gasteiger partial charge >= 0.3 is 0 Å². The van der Waals surface area contributed by atoms with Crippen LogP contribution in [0.2, 0.25) is 5.02 Å². The average Bonchev–Trinajstić information content (AvgIpc) is 3.62. The number of hydrogen-bond donors (Lipinski definition) is 1. The normalized spacial score (nSPS) is 13.0. The molecule has 3 nitrogen and oxygen atoms in total. The van der Waals surface area contributed by atoms with Crippen LogP contribution >= 0.6 is 20.8 Å². The number of allylic oxidation sites excluding steroid dienone is 1. The molecule has 0 saturated heterocycles. The lowest BCUT2D eigenvalue weighted by molar-refractivity contribution is 0.313. The Hall–Kier alpha value is -3.18. The molecule has 6 rings (SSSR count). The van der Waals surface area contributed by atoms with Crippen LogP contribution in [0.25, 0.3) is 17.0 Å². The number of nitrogens with zero attached hydrogens (tertiary/aromatic N) is 1. The lowest BCUT2D eigenvalue weighted by atomic mass is 10.0. The van der Waals surface area contributed by atoms with Gasteiger partial charge < -0.3 is 14.6 Å². The molecule has 4 aromatic rings.